The summed E-state index contributed by atoms with van der Waals surface area (Å²) in [6.07, 6.45) is 2.08. The number of aromatic nitrogens is 5. The smallest absolute Gasteiger partial charge is 0.253 e. The van der Waals surface area contributed by atoms with E-state index in [1.807, 2.05) is 41.1 Å². The monoisotopic (exact) mass is 531 g/mol. The molecule has 1 N–H and O–H groups in total. The average molecular weight is 532 g/mol. The number of H-pyrrole nitrogens is 1. The van der Waals surface area contributed by atoms with Crippen LogP contribution in [-0.4, -0.2) is 83.2 Å². The van der Waals surface area contributed by atoms with Gasteiger partial charge in [0.2, 0.25) is 0 Å². The number of rotatable bonds is 8. The first kappa shape index (κ1) is 25.3. The number of pyridine rings is 1. The second-order valence-corrected chi connectivity index (χ2v) is 9.98. The summed E-state index contributed by atoms with van der Waals surface area (Å²) < 4.78 is 18.3. The van der Waals surface area contributed by atoms with Gasteiger partial charge in [0.1, 0.15) is 17.5 Å². The molecule has 0 unspecified atom stereocenters. The Morgan fingerprint density at radius 2 is 1.79 bits per heavy atom. The number of methoxy groups -OCH3 is 2. The molecule has 2 aliphatic heterocycles. The van der Waals surface area contributed by atoms with Crippen molar-refractivity contribution in [1.29, 1.82) is 0 Å². The molecule has 2 fully saturated rings. The Morgan fingerprint density at radius 3 is 2.51 bits per heavy atom. The molecule has 0 radical (unpaired) electrons. The van der Waals surface area contributed by atoms with E-state index in [-0.39, 0.29) is 11.7 Å². The van der Waals surface area contributed by atoms with Gasteiger partial charge in [0.05, 0.1) is 32.4 Å². The van der Waals surface area contributed by atoms with Crippen LogP contribution in [0.5, 0.6) is 11.5 Å². The number of fused-ring (bicyclic) bond motifs is 1. The van der Waals surface area contributed by atoms with E-state index in [0.29, 0.717) is 23.7 Å². The van der Waals surface area contributed by atoms with Crippen molar-refractivity contribution in [2.24, 2.45) is 0 Å². The second kappa shape index (κ2) is 11.0. The van der Waals surface area contributed by atoms with Gasteiger partial charge >= 0.3 is 0 Å². The molecule has 6 rings (SSSR count). The minimum Gasteiger partial charge on any atom is -0.497 e. The minimum atomic E-state index is -0.408. The summed E-state index contributed by atoms with van der Waals surface area (Å²) in [5.41, 5.74) is 2.33. The standard InChI is InChI=1S/C28H33N7O4/c1-37-21-9-6-20(7-10-21)33-11-13-34(14-12-33)26(27-30-31-32-35(27)18-23-4-3-15-39-23)24-16-19-5-8-22(38-2)17-25(19)29-28(24)36/h5-10,16-17,23,26H,3-4,11-15,18H2,1-2H3,(H,29,36)/t23-,26-/m1/s1. The Hall–Kier alpha value is -3.96. The lowest BCUT2D eigenvalue weighted by atomic mass is 10.0. The lowest BCUT2D eigenvalue weighted by Gasteiger charge is -2.39. The molecule has 2 aromatic carbocycles. The zero-order chi connectivity index (χ0) is 26.8. The van der Waals surface area contributed by atoms with Gasteiger partial charge in [0.25, 0.3) is 5.56 Å². The lowest BCUT2D eigenvalue weighted by molar-refractivity contribution is 0.0906. The predicted molar refractivity (Wildman–Crippen MR) is 147 cm³/mol. The van der Waals surface area contributed by atoms with Gasteiger partial charge in [0.15, 0.2) is 5.82 Å². The Labute approximate surface area is 226 Å². The summed E-state index contributed by atoms with van der Waals surface area (Å²) in [7, 11) is 3.29. The molecule has 2 saturated heterocycles. The lowest BCUT2D eigenvalue weighted by Crippen LogP contribution is -2.49. The molecular formula is C28H33N7O4. The minimum absolute atomic E-state index is 0.0715. The summed E-state index contributed by atoms with van der Waals surface area (Å²) in [5.74, 6) is 2.18. The van der Waals surface area contributed by atoms with E-state index in [2.05, 4.69) is 42.4 Å². The highest BCUT2D eigenvalue weighted by molar-refractivity contribution is 5.80. The molecule has 2 aliphatic rings. The maximum absolute atomic E-state index is 13.6. The zero-order valence-electron chi connectivity index (χ0n) is 22.2. The van der Waals surface area contributed by atoms with Crippen LogP contribution in [0.25, 0.3) is 10.9 Å². The van der Waals surface area contributed by atoms with Gasteiger partial charge in [-0.15, -0.1) is 5.10 Å². The van der Waals surface area contributed by atoms with Gasteiger partial charge in [-0.3, -0.25) is 9.69 Å². The first-order chi connectivity index (χ1) is 19.1. The number of nitrogens with one attached hydrogen (secondary N) is 1. The molecule has 0 bridgehead atoms. The molecule has 4 heterocycles. The van der Waals surface area contributed by atoms with E-state index < -0.39 is 6.04 Å². The van der Waals surface area contributed by atoms with Crippen molar-refractivity contribution in [3.63, 3.8) is 0 Å². The molecule has 11 heteroatoms. The third kappa shape index (κ3) is 5.19. The summed E-state index contributed by atoms with van der Waals surface area (Å²) >= 11 is 0. The normalized spacial score (nSPS) is 18.9. The zero-order valence-corrected chi connectivity index (χ0v) is 22.2. The fourth-order valence-corrected chi connectivity index (χ4v) is 5.58. The van der Waals surface area contributed by atoms with E-state index in [1.165, 1.54) is 0 Å². The number of hydrogen-bond donors (Lipinski definition) is 1. The molecule has 11 nitrogen and oxygen atoms in total. The molecule has 39 heavy (non-hydrogen) atoms. The van der Waals surface area contributed by atoms with Crippen molar-refractivity contribution in [3.8, 4) is 11.5 Å². The Balaban J connectivity index is 1.34. The second-order valence-electron chi connectivity index (χ2n) is 9.98. The van der Waals surface area contributed by atoms with Crippen LogP contribution in [0, 0.1) is 0 Å². The number of piperazine rings is 1. The summed E-state index contributed by atoms with van der Waals surface area (Å²) in [6, 6.07) is 15.4. The largest absolute Gasteiger partial charge is 0.497 e. The van der Waals surface area contributed by atoms with E-state index in [9.17, 15) is 4.79 Å². The highest BCUT2D eigenvalue weighted by Crippen LogP contribution is 2.30. The van der Waals surface area contributed by atoms with E-state index in [0.717, 1.165) is 68.0 Å². The number of benzene rings is 2. The number of hydrogen-bond acceptors (Lipinski definition) is 9. The molecule has 0 saturated carbocycles. The number of tetrazole rings is 1. The van der Waals surface area contributed by atoms with Crippen molar-refractivity contribution in [2.75, 3.05) is 51.9 Å². The SMILES string of the molecule is COc1ccc(N2CCN([C@H](c3cc4ccc(OC)cc4[nH]c3=O)c3nnnn3C[C@H]3CCCO3)CC2)cc1. The van der Waals surface area contributed by atoms with Crippen LogP contribution in [0.4, 0.5) is 5.69 Å². The first-order valence-corrected chi connectivity index (χ1v) is 13.3. The first-order valence-electron chi connectivity index (χ1n) is 13.3. The maximum atomic E-state index is 13.6. The van der Waals surface area contributed by atoms with E-state index >= 15 is 0 Å². The third-order valence-electron chi connectivity index (χ3n) is 7.70. The fraction of sp³-hybridized carbons (Fsp3) is 0.429. The van der Waals surface area contributed by atoms with Crippen LogP contribution < -0.4 is 19.9 Å². The van der Waals surface area contributed by atoms with Gasteiger partial charge in [-0.25, -0.2) is 4.68 Å². The number of ether oxygens (including phenoxy) is 3. The Kier molecular flexibility index (Phi) is 7.16. The van der Waals surface area contributed by atoms with Crippen LogP contribution in [0.3, 0.4) is 0 Å². The van der Waals surface area contributed by atoms with E-state index in [1.54, 1.807) is 14.2 Å². The molecule has 204 valence electrons. The summed E-state index contributed by atoms with van der Waals surface area (Å²) in [6.45, 7) is 4.41. The summed E-state index contributed by atoms with van der Waals surface area (Å²) in [5, 5.41) is 13.7. The van der Waals surface area contributed by atoms with Crippen LogP contribution in [0.1, 0.15) is 30.3 Å². The molecule has 4 aromatic rings. The summed E-state index contributed by atoms with van der Waals surface area (Å²) in [4.78, 5) is 21.3. The van der Waals surface area contributed by atoms with Crippen LogP contribution in [-0.2, 0) is 11.3 Å². The molecule has 0 aliphatic carbocycles. The number of nitrogens with zero attached hydrogens (tertiary/aromatic N) is 6. The van der Waals surface area contributed by atoms with E-state index in [4.69, 9.17) is 14.2 Å². The van der Waals surface area contributed by atoms with Gasteiger partial charge in [-0.05, 0) is 71.1 Å². The van der Waals surface area contributed by atoms with Crippen molar-refractivity contribution in [1.82, 2.24) is 30.1 Å². The van der Waals surface area contributed by atoms with Gasteiger partial charge in [0, 0.05) is 50.1 Å². The number of aromatic amines is 1. The highest BCUT2D eigenvalue weighted by atomic mass is 16.5. The van der Waals surface area contributed by atoms with Crippen molar-refractivity contribution < 1.29 is 14.2 Å². The van der Waals surface area contributed by atoms with Gasteiger partial charge < -0.3 is 24.1 Å². The quantitative estimate of drug-likeness (QED) is 0.367. The maximum Gasteiger partial charge on any atom is 0.253 e. The molecular weight excluding hydrogens is 498 g/mol. The average Bonchev–Trinajstić information content (AvgIpc) is 3.66. The topological polar surface area (TPSA) is 111 Å². The molecule has 2 aromatic heterocycles. The van der Waals surface area contributed by atoms with Crippen molar-refractivity contribution in [3.05, 3.63) is 70.3 Å². The molecule has 0 spiro atoms. The van der Waals surface area contributed by atoms with Crippen LogP contribution in [0.15, 0.2) is 53.3 Å². The Morgan fingerprint density at radius 1 is 1.03 bits per heavy atom. The van der Waals surface area contributed by atoms with Crippen molar-refractivity contribution >= 4 is 16.6 Å². The van der Waals surface area contributed by atoms with Crippen LogP contribution in [0.2, 0.25) is 0 Å². The van der Waals surface area contributed by atoms with Gasteiger partial charge in [-0.1, -0.05) is 0 Å². The highest BCUT2D eigenvalue weighted by Gasteiger charge is 2.33. The molecule has 2 atom stereocenters. The van der Waals surface area contributed by atoms with Gasteiger partial charge in [-0.2, -0.15) is 0 Å². The molecule has 0 amide bonds. The Bertz CT molecular complexity index is 1470. The van der Waals surface area contributed by atoms with Crippen molar-refractivity contribution in [2.45, 2.75) is 31.5 Å². The third-order valence-corrected chi connectivity index (χ3v) is 7.70. The van der Waals surface area contributed by atoms with Crippen LogP contribution >= 0.6 is 0 Å². The predicted octanol–water partition coefficient (Wildman–Crippen LogP) is 2.62. The number of anilines is 1. The fourth-order valence-electron chi connectivity index (χ4n) is 5.58.